The number of hydrogen-bond acceptors (Lipinski definition) is 8. The van der Waals surface area contributed by atoms with Crippen molar-refractivity contribution in [2.24, 2.45) is 0 Å². The van der Waals surface area contributed by atoms with Crippen molar-refractivity contribution >= 4 is 22.6 Å². The van der Waals surface area contributed by atoms with E-state index in [1.54, 1.807) is 25.1 Å². The van der Waals surface area contributed by atoms with Crippen LogP contribution in [0, 0.1) is 6.92 Å². The number of phenols is 1. The minimum atomic E-state index is -1.21. The van der Waals surface area contributed by atoms with E-state index in [4.69, 9.17) is 13.9 Å². The second kappa shape index (κ2) is 10.5. The van der Waals surface area contributed by atoms with Crippen molar-refractivity contribution in [1.82, 2.24) is 0 Å². The fourth-order valence-electron chi connectivity index (χ4n) is 3.90. The zero-order valence-electron chi connectivity index (χ0n) is 20.3. The number of aliphatic hydroxyl groups is 2. The monoisotopic (exact) mass is 495 g/mol. The molecule has 1 saturated heterocycles. The molecule has 2 aromatic carbocycles. The van der Waals surface area contributed by atoms with Gasteiger partial charge in [-0.3, -0.25) is 4.79 Å². The van der Waals surface area contributed by atoms with Gasteiger partial charge >= 0.3 is 5.63 Å². The fourth-order valence-corrected chi connectivity index (χ4v) is 3.90. The SMILES string of the molecule is CC(C)=CCc1cc(C(=O)Nc2cc3ccc(O[C@H]4OCC[C@H](O)[C@@H]4O)c(C)c3oc2=O)ccc1O. The van der Waals surface area contributed by atoms with Crippen LogP contribution in [0.5, 0.6) is 11.5 Å². The minimum Gasteiger partial charge on any atom is -0.508 e. The minimum absolute atomic E-state index is 0.0337. The maximum atomic E-state index is 12.8. The van der Waals surface area contributed by atoms with Gasteiger partial charge in [0.15, 0.2) is 0 Å². The number of nitrogens with one attached hydrogen (secondary N) is 1. The Labute approximate surface area is 207 Å². The quantitative estimate of drug-likeness (QED) is 0.301. The van der Waals surface area contributed by atoms with Crippen LogP contribution in [0.25, 0.3) is 11.0 Å². The van der Waals surface area contributed by atoms with Gasteiger partial charge in [-0.2, -0.15) is 0 Å². The first kappa shape index (κ1) is 25.4. The Kier molecular flexibility index (Phi) is 7.44. The van der Waals surface area contributed by atoms with Gasteiger partial charge in [-0.1, -0.05) is 11.6 Å². The van der Waals surface area contributed by atoms with Gasteiger partial charge in [-0.15, -0.1) is 0 Å². The van der Waals surface area contributed by atoms with Crippen LogP contribution >= 0.6 is 0 Å². The molecule has 1 amide bonds. The van der Waals surface area contributed by atoms with Crippen LogP contribution in [0.15, 0.2) is 57.3 Å². The smallest absolute Gasteiger partial charge is 0.360 e. The maximum Gasteiger partial charge on any atom is 0.360 e. The van der Waals surface area contributed by atoms with Crippen molar-refractivity contribution in [2.75, 3.05) is 11.9 Å². The molecule has 4 N–H and O–H groups in total. The zero-order valence-corrected chi connectivity index (χ0v) is 20.3. The molecule has 36 heavy (non-hydrogen) atoms. The van der Waals surface area contributed by atoms with E-state index in [2.05, 4.69) is 5.32 Å². The van der Waals surface area contributed by atoms with E-state index in [0.29, 0.717) is 35.1 Å². The molecule has 1 aliphatic rings. The largest absolute Gasteiger partial charge is 0.508 e. The van der Waals surface area contributed by atoms with Gasteiger partial charge in [0, 0.05) is 16.5 Å². The summed E-state index contributed by atoms with van der Waals surface area (Å²) in [6, 6.07) is 9.31. The van der Waals surface area contributed by atoms with Crippen LogP contribution in [-0.4, -0.2) is 46.3 Å². The van der Waals surface area contributed by atoms with E-state index in [0.717, 1.165) is 5.57 Å². The highest BCUT2D eigenvalue weighted by Crippen LogP contribution is 2.30. The average molecular weight is 496 g/mol. The van der Waals surface area contributed by atoms with Crippen molar-refractivity contribution in [1.29, 1.82) is 0 Å². The van der Waals surface area contributed by atoms with Gasteiger partial charge in [0.05, 0.1) is 12.7 Å². The van der Waals surface area contributed by atoms with Gasteiger partial charge in [-0.25, -0.2) is 4.79 Å². The number of aliphatic hydroxyl groups excluding tert-OH is 2. The summed E-state index contributed by atoms with van der Waals surface area (Å²) in [5.74, 6) is -0.101. The number of hydrogen-bond donors (Lipinski definition) is 4. The summed E-state index contributed by atoms with van der Waals surface area (Å²) in [5, 5.41) is 33.2. The van der Waals surface area contributed by atoms with Crippen LogP contribution in [0.4, 0.5) is 5.69 Å². The Balaban J connectivity index is 1.57. The van der Waals surface area contributed by atoms with Crippen LogP contribution in [0.3, 0.4) is 0 Å². The van der Waals surface area contributed by atoms with E-state index >= 15 is 0 Å². The van der Waals surface area contributed by atoms with E-state index in [1.165, 1.54) is 18.2 Å². The van der Waals surface area contributed by atoms with E-state index in [-0.39, 0.29) is 29.2 Å². The highest BCUT2D eigenvalue weighted by atomic mass is 16.7. The molecule has 1 fully saturated rings. The highest BCUT2D eigenvalue weighted by Gasteiger charge is 2.33. The summed E-state index contributed by atoms with van der Waals surface area (Å²) in [5.41, 5.74) is 1.95. The lowest BCUT2D eigenvalue weighted by Gasteiger charge is -2.32. The Morgan fingerprint density at radius 2 is 1.97 bits per heavy atom. The summed E-state index contributed by atoms with van der Waals surface area (Å²) in [6.07, 6.45) is -0.493. The summed E-state index contributed by atoms with van der Waals surface area (Å²) in [6.45, 7) is 5.82. The Morgan fingerprint density at radius 1 is 1.19 bits per heavy atom. The standard InChI is InChI=1S/C27H29NO8/c1-14(2)4-5-16-12-18(6-8-20(16)29)25(32)28-19-13-17-7-9-22(15(3)24(17)36-26(19)33)35-27-23(31)21(30)10-11-34-27/h4,6-9,12-13,21,23,27,29-31H,5,10-11H2,1-3H3,(H,28,32)/t21-,23-,27+/m0/s1. The normalized spacial score (nSPS) is 19.6. The fraction of sp³-hybridized carbons (Fsp3) is 0.333. The Morgan fingerprint density at radius 3 is 2.72 bits per heavy atom. The van der Waals surface area contributed by atoms with Gasteiger partial charge in [-0.05, 0) is 75.6 Å². The molecule has 0 saturated carbocycles. The van der Waals surface area contributed by atoms with Crippen molar-refractivity contribution in [3.8, 4) is 11.5 Å². The summed E-state index contributed by atoms with van der Waals surface area (Å²) >= 11 is 0. The maximum absolute atomic E-state index is 12.8. The molecule has 0 bridgehead atoms. The molecule has 9 heteroatoms. The molecule has 190 valence electrons. The number of benzene rings is 2. The molecule has 4 rings (SSSR count). The van der Waals surface area contributed by atoms with Crippen molar-refractivity contribution in [3.05, 3.63) is 75.2 Å². The average Bonchev–Trinajstić information content (AvgIpc) is 2.84. The number of phenolic OH excluding ortho intramolecular Hbond substituents is 1. The third-order valence-electron chi connectivity index (χ3n) is 6.03. The molecular weight excluding hydrogens is 466 g/mol. The van der Waals surface area contributed by atoms with Crippen LogP contribution < -0.4 is 15.7 Å². The molecule has 1 aromatic heterocycles. The molecule has 1 aliphatic heterocycles. The molecule has 3 atom stereocenters. The van der Waals surface area contributed by atoms with Gasteiger partial charge in [0.1, 0.15) is 28.9 Å². The number of carbonyl (C=O) groups excluding carboxylic acids is 1. The van der Waals surface area contributed by atoms with E-state index < -0.39 is 30.0 Å². The molecule has 9 nitrogen and oxygen atoms in total. The van der Waals surface area contributed by atoms with Gasteiger partial charge in [0.25, 0.3) is 5.91 Å². The topological polar surface area (TPSA) is 138 Å². The predicted molar refractivity (Wildman–Crippen MR) is 133 cm³/mol. The number of anilines is 1. The molecule has 0 radical (unpaired) electrons. The number of ether oxygens (including phenoxy) is 2. The number of aromatic hydroxyl groups is 1. The second-order valence-electron chi connectivity index (χ2n) is 9.04. The Bertz CT molecular complexity index is 1370. The number of carbonyl (C=O) groups is 1. The third kappa shape index (κ3) is 5.43. The molecule has 2 heterocycles. The lowest BCUT2D eigenvalue weighted by molar-refractivity contribution is -0.207. The first-order valence-corrected chi connectivity index (χ1v) is 11.6. The molecule has 0 aliphatic carbocycles. The Hall–Kier alpha value is -3.66. The molecule has 0 spiro atoms. The number of amides is 1. The third-order valence-corrected chi connectivity index (χ3v) is 6.03. The number of rotatable bonds is 6. The first-order chi connectivity index (χ1) is 17.1. The van der Waals surface area contributed by atoms with E-state index in [1.807, 2.05) is 19.9 Å². The van der Waals surface area contributed by atoms with Crippen LogP contribution in [0.1, 0.15) is 41.8 Å². The first-order valence-electron chi connectivity index (χ1n) is 11.6. The van der Waals surface area contributed by atoms with E-state index in [9.17, 15) is 24.9 Å². The lowest BCUT2D eigenvalue weighted by Crippen LogP contribution is -2.47. The summed E-state index contributed by atoms with van der Waals surface area (Å²) in [4.78, 5) is 25.5. The zero-order chi connectivity index (χ0) is 26.0. The van der Waals surface area contributed by atoms with Crippen molar-refractivity contribution in [3.63, 3.8) is 0 Å². The van der Waals surface area contributed by atoms with Crippen molar-refractivity contribution < 1.29 is 34.0 Å². The summed E-state index contributed by atoms with van der Waals surface area (Å²) in [7, 11) is 0. The number of fused-ring (bicyclic) bond motifs is 1. The number of aryl methyl sites for hydroxylation is 1. The molecule has 0 unspecified atom stereocenters. The van der Waals surface area contributed by atoms with Crippen LogP contribution in [0.2, 0.25) is 0 Å². The highest BCUT2D eigenvalue weighted by molar-refractivity contribution is 6.05. The van der Waals surface area contributed by atoms with Gasteiger partial charge in [0.2, 0.25) is 6.29 Å². The molecular formula is C27H29NO8. The van der Waals surface area contributed by atoms with Crippen molar-refractivity contribution in [2.45, 2.75) is 52.1 Å². The van der Waals surface area contributed by atoms with Gasteiger partial charge < -0.3 is 34.5 Å². The lowest BCUT2D eigenvalue weighted by atomic mass is 10.0. The summed E-state index contributed by atoms with van der Waals surface area (Å²) < 4.78 is 16.6. The molecule has 3 aromatic rings. The second-order valence-corrected chi connectivity index (χ2v) is 9.04. The number of allylic oxidation sites excluding steroid dienone is 2. The van der Waals surface area contributed by atoms with Crippen LogP contribution in [-0.2, 0) is 11.2 Å². The predicted octanol–water partition coefficient (Wildman–Crippen LogP) is 3.42.